The van der Waals surface area contributed by atoms with Crippen molar-refractivity contribution in [1.82, 2.24) is 4.90 Å². The Balaban J connectivity index is 2.03. The number of hydrogen-bond acceptors (Lipinski definition) is 3. The van der Waals surface area contributed by atoms with Crippen molar-refractivity contribution in [1.29, 1.82) is 0 Å². The second kappa shape index (κ2) is 6.06. The minimum atomic E-state index is 0.160. The third-order valence-electron chi connectivity index (χ3n) is 3.93. The molecule has 104 valence electrons. The molecular weight excluding hydrogens is 238 g/mol. The predicted molar refractivity (Wildman–Crippen MR) is 77.2 cm³/mol. The van der Waals surface area contributed by atoms with Crippen LogP contribution in [0.4, 0.5) is 0 Å². The zero-order valence-corrected chi connectivity index (χ0v) is 11.7. The molecule has 0 amide bonds. The van der Waals surface area contributed by atoms with Crippen LogP contribution in [0.15, 0.2) is 29.4 Å². The molecule has 1 fully saturated rings. The van der Waals surface area contributed by atoms with Gasteiger partial charge in [0.2, 0.25) is 0 Å². The first-order valence-corrected chi connectivity index (χ1v) is 6.92. The van der Waals surface area contributed by atoms with Crippen LogP contribution >= 0.6 is 0 Å². The highest BCUT2D eigenvalue weighted by molar-refractivity contribution is 5.96. The summed E-state index contributed by atoms with van der Waals surface area (Å²) in [6.07, 6.45) is 2.60. The van der Waals surface area contributed by atoms with Gasteiger partial charge in [-0.3, -0.25) is 4.90 Å². The minimum Gasteiger partial charge on any atom is -0.409 e. The summed E-state index contributed by atoms with van der Waals surface area (Å²) < 4.78 is 0. The van der Waals surface area contributed by atoms with E-state index in [4.69, 9.17) is 10.9 Å². The Hall–Kier alpha value is -1.55. The van der Waals surface area contributed by atoms with E-state index in [-0.39, 0.29) is 5.84 Å². The normalized spacial score (nSPS) is 21.2. The third kappa shape index (κ3) is 3.26. The first kappa shape index (κ1) is 13.9. The van der Waals surface area contributed by atoms with Gasteiger partial charge in [0.05, 0.1) is 0 Å². The summed E-state index contributed by atoms with van der Waals surface area (Å²) >= 11 is 0. The zero-order valence-electron chi connectivity index (χ0n) is 11.7. The van der Waals surface area contributed by atoms with Gasteiger partial charge < -0.3 is 10.9 Å². The highest BCUT2D eigenvalue weighted by atomic mass is 16.4. The molecule has 0 saturated carbocycles. The summed E-state index contributed by atoms with van der Waals surface area (Å²) in [5.41, 5.74) is 7.60. The Labute approximate surface area is 114 Å². The second-order valence-corrected chi connectivity index (χ2v) is 5.61. The highest BCUT2D eigenvalue weighted by Gasteiger charge is 2.26. The lowest BCUT2D eigenvalue weighted by molar-refractivity contribution is 0.199. The van der Waals surface area contributed by atoms with Crippen LogP contribution in [0.25, 0.3) is 0 Å². The molecule has 1 aromatic rings. The molecule has 1 aliphatic rings. The SMILES string of the molecule is CC(C)C1CCCN1Cc1ccc(C(N)=NO)cc1. The molecule has 2 rings (SSSR count). The van der Waals surface area contributed by atoms with Gasteiger partial charge in [0.25, 0.3) is 0 Å². The first-order valence-electron chi connectivity index (χ1n) is 6.92. The average Bonchev–Trinajstić information content (AvgIpc) is 2.87. The second-order valence-electron chi connectivity index (χ2n) is 5.61. The Morgan fingerprint density at radius 3 is 2.68 bits per heavy atom. The molecule has 0 radical (unpaired) electrons. The van der Waals surface area contributed by atoms with E-state index in [9.17, 15) is 0 Å². The molecule has 0 spiro atoms. The molecule has 19 heavy (non-hydrogen) atoms. The molecule has 4 heteroatoms. The molecule has 4 nitrogen and oxygen atoms in total. The number of likely N-dealkylation sites (tertiary alicyclic amines) is 1. The maximum atomic E-state index is 8.64. The molecular formula is C15H23N3O. The topological polar surface area (TPSA) is 61.8 Å². The van der Waals surface area contributed by atoms with Crippen LogP contribution in [0.2, 0.25) is 0 Å². The number of oxime groups is 1. The van der Waals surface area contributed by atoms with Crippen molar-refractivity contribution in [3.05, 3.63) is 35.4 Å². The summed E-state index contributed by atoms with van der Waals surface area (Å²) in [4.78, 5) is 2.56. The first-order chi connectivity index (χ1) is 9.11. The van der Waals surface area contributed by atoms with Gasteiger partial charge in [-0.2, -0.15) is 0 Å². The van der Waals surface area contributed by atoms with Crippen molar-refractivity contribution in [2.24, 2.45) is 16.8 Å². The van der Waals surface area contributed by atoms with Crippen LogP contribution in [0.1, 0.15) is 37.8 Å². The molecule has 1 heterocycles. The lowest BCUT2D eigenvalue weighted by Gasteiger charge is -2.27. The van der Waals surface area contributed by atoms with Gasteiger partial charge in [-0.15, -0.1) is 0 Å². The van der Waals surface area contributed by atoms with Crippen molar-refractivity contribution in [2.75, 3.05) is 6.54 Å². The van der Waals surface area contributed by atoms with E-state index < -0.39 is 0 Å². The van der Waals surface area contributed by atoms with Crippen LogP contribution < -0.4 is 5.73 Å². The van der Waals surface area contributed by atoms with Gasteiger partial charge >= 0.3 is 0 Å². The predicted octanol–water partition coefficient (Wildman–Crippen LogP) is 2.40. The Kier molecular flexibility index (Phi) is 4.43. The van der Waals surface area contributed by atoms with Gasteiger partial charge in [0.15, 0.2) is 5.84 Å². The van der Waals surface area contributed by atoms with Gasteiger partial charge in [0, 0.05) is 18.2 Å². The van der Waals surface area contributed by atoms with Crippen LogP contribution in [-0.4, -0.2) is 28.5 Å². The Morgan fingerprint density at radius 2 is 2.11 bits per heavy atom. The van der Waals surface area contributed by atoms with E-state index in [2.05, 4.69) is 36.0 Å². The van der Waals surface area contributed by atoms with E-state index in [0.29, 0.717) is 12.0 Å². The summed E-state index contributed by atoms with van der Waals surface area (Å²) in [7, 11) is 0. The van der Waals surface area contributed by atoms with Crippen molar-refractivity contribution >= 4 is 5.84 Å². The zero-order chi connectivity index (χ0) is 13.8. The van der Waals surface area contributed by atoms with Gasteiger partial charge in [-0.25, -0.2) is 0 Å². The molecule has 1 aliphatic heterocycles. The molecule has 1 aromatic carbocycles. The van der Waals surface area contributed by atoms with Crippen LogP contribution in [0.3, 0.4) is 0 Å². The molecule has 0 bridgehead atoms. The maximum absolute atomic E-state index is 8.64. The summed E-state index contributed by atoms with van der Waals surface area (Å²) in [5.74, 6) is 0.867. The fourth-order valence-corrected chi connectivity index (χ4v) is 2.88. The lowest BCUT2D eigenvalue weighted by atomic mass is 10.0. The monoisotopic (exact) mass is 261 g/mol. The minimum absolute atomic E-state index is 0.160. The van der Waals surface area contributed by atoms with Crippen molar-refractivity contribution < 1.29 is 5.21 Å². The molecule has 0 aromatic heterocycles. The number of nitrogens with two attached hydrogens (primary N) is 1. The molecule has 0 aliphatic carbocycles. The van der Waals surface area contributed by atoms with Crippen molar-refractivity contribution in [2.45, 2.75) is 39.3 Å². The number of hydrogen-bond donors (Lipinski definition) is 2. The van der Waals surface area contributed by atoms with E-state index in [0.717, 1.165) is 12.1 Å². The highest BCUT2D eigenvalue weighted by Crippen LogP contribution is 2.25. The van der Waals surface area contributed by atoms with E-state index in [1.54, 1.807) is 0 Å². The van der Waals surface area contributed by atoms with Crippen molar-refractivity contribution in [3.8, 4) is 0 Å². The number of rotatable bonds is 4. The lowest BCUT2D eigenvalue weighted by Crippen LogP contribution is -2.32. The van der Waals surface area contributed by atoms with Gasteiger partial charge in [-0.1, -0.05) is 43.3 Å². The van der Waals surface area contributed by atoms with Crippen LogP contribution in [0.5, 0.6) is 0 Å². The fourth-order valence-electron chi connectivity index (χ4n) is 2.88. The number of amidine groups is 1. The number of nitrogens with zero attached hydrogens (tertiary/aromatic N) is 2. The molecule has 1 unspecified atom stereocenters. The van der Waals surface area contributed by atoms with Gasteiger partial charge in [0.1, 0.15) is 0 Å². The fraction of sp³-hybridized carbons (Fsp3) is 0.533. The van der Waals surface area contributed by atoms with Crippen LogP contribution in [0, 0.1) is 5.92 Å². The van der Waals surface area contributed by atoms with E-state index in [1.807, 2.05) is 12.1 Å². The quantitative estimate of drug-likeness (QED) is 0.379. The van der Waals surface area contributed by atoms with Crippen LogP contribution in [-0.2, 0) is 6.54 Å². The largest absolute Gasteiger partial charge is 0.409 e. The molecule has 3 N–H and O–H groups in total. The summed E-state index contributed by atoms with van der Waals surface area (Å²) in [6.45, 7) is 6.76. The summed E-state index contributed by atoms with van der Waals surface area (Å²) in [6, 6.07) is 8.63. The third-order valence-corrected chi connectivity index (χ3v) is 3.93. The molecule has 1 saturated heterocycles. The van der Waals surface area contributed by atoms with Crippen molar-refractivity contribution in [3.63, 3.8) is 0 Å². The smallest absolute Gasteiger partial charge is 0.170 e. The Bertz CT molecular complexity index is 439. The Morgan fingerprint density at radius 1 is 1.42 bits per heavy atom. The van der Waals surface area contributed by atoms with E-state index in [1.165, 1.54) is 24.9 Å². The number of benzene rings is 1. The maximum Gasteiger partial charge on any atom is 0.170 e. The van der Waals surface area contributed by atoms with E-state index >= 15 is 0 Å². The molecule has 1 atom stereocenters. The summed E-state index contributed by atoms with van der Waals surface area (Å²) in [5, 5.41) is 11.6. The average molecular weight is 261 g/mol. The van der Waals surface area contributed by atoms with Gasteiger partial charge in [-0.05, 0) is 30.9 Å². The standard InChI is InChI=1S/C15H23N3O/c1-11(2)14-4-3-9-18(14)10-12-5-7-13(8-6-12)15(16)17-19/h5-8,11,14,19H,3-4,9-10H2,1-2H3,(H2,16,17).